The number of carboxylic acid groups (broad SMARTS) is 1. The zero-order valence-electron chi connectivity index (χ0n) is 15.2. The second-order valence-electron chi connectivity index (χ2n) is 7.30. The molecular formula is C21H18F3NO4. The molecule has 29 heavy (non-hydrogen) atoms. The molecule has 8 heteroatoms. The molecule has 2 aliphatic rings. The molecule has 0 aromatic heterocycles. The Bertz CT molecular complexity index is 913. The first-order valence-electron chi connectivity index (χ1n) is 9.17. The highest BCUT2D eigenvalue weighted by atomic mass is 19.4. The molecule has 2 atom stereocenters. The van der Waals surface area contributed by atoms with Crippen LogP contribution in [-0.4, -0.2) is 47.9 Å². The van der Waals surface area contributed by atoms with Crippen LogP contribution in [-0.2, 0) is 9.53 Å². The molecule has 5 nitrogen and oxygen atoms in total. The molecule has 0 radical (unpaired) electrons. The molecule has 1 aliphatic carbocycles. The number of benzene rings is 2. The van der Waals surface area contributed by atoms with Crippen molar-refractivity contribution < 1.29 is 32.6 Å². The summed E-state index contributed by atoms with van der Waals surface area (Å²) >= 11 is 0. The highest BCUT2D eigenvalue weighted by Gasteiger charge is 2.54. The van der Waals surface area contributed by atoms with E-state index in [1.807, 2.05) is 48.5 Å². The lowest BCUT2D eigenvalue weighted by atomic mass is 9.96. The Balaban J connectivity index is 1.49. The van der Waals surface area contributed by atoms with E-state index < -0.39 is 43.2 Å². The van der Waals surface area contributed by atoms with Gasteiger partial charge in [-0.2, -0.15) is 13.2 Å². The van der Waals surface area contributed by atoms with E-state index in [4.69, 9.17) is 9.84 Å². The van der Waals surface area contributed by atoms with Gasteiger partial charge in [-0.05, 0) is 22.3 Å². The second kappa shape index (κ2) is 7.09. The number of hydrogen-bond acceptors (Lipinski definition) is 3. The van der Waals surface area contributed by atoms with Gasteiger partial charge in [0.1, 0.15) is 6.61 Å². The van der Waals surface area contributed by atoms with Gasteiger partial charge in [-0.15, -0.1) is 0 Å². The van der Waals surface area contributed by atoms with Crippen LogP contribution >= 0.6 is 0 Å². The lowest BCUT2D eigenvalue weighted by Gasteiger charge is -2.20. The molecule has 1 saturated heterocycles. The summed E-state index contributed by atoms with van der Waals surface area (Å²) in [5, 5.41) is 9.09. The number of likely N-dealkylation sites (tertiary alicyclic amines) is 1. The first kappa shape index (κ1) is 19.3. The van der Waals surface area contributed by atoms with Gasteiger partial charge in [0, 0.05) is 19.0 Å². The van der Waals surface area contributed by atoms with Crippen LogP contribution in [0.4, 0.5) is 18.0 Å². The summed E-state index contributed by atoms with van der Waals surface area (Å²) in [4.78, 5) is 24.4. The van der Waals surface area contributed by atoms with Crippen LogP contribution in [0.15, 0.2) is 48.5 Å². The molecule has 1 N–H and O–H groups in total. The third kappa shape index (κ3) is 3.43. The summed E-state index contributed by atoms with van der Waals surface area (Å²) < 4.78 is 44.7. The average molecular weight is 405 g/mol. The van der Waals surface area contributed by atoms with Gasteiger partial charge in [-0.3, -0.25) is 4.79 Å². The quantitative estimate of drug-likeness (QED) is 0.834. The molecule has 2 aromatic carbocycles. The number of rotatable bonds is 3. The zero-order valence-corrected chi connectivity index (χ0v) is 15.2. The van der Waals surface area contributed by atoms with Crippen molar-refractivity contribution in [3.05, 3.63) is 59.7 Å². The lowest BCUT2D eigenvalue weighted by Crippen LogP contribution is -2.34. The van der Waals surface area contributed by atoms with Crippen LogP contribution < -0.4 is 0 Å². The average Bonchev–Trinajstić information content (AvgIpc) is 3.27. The van der Waals surface area contributed by atoms with Crippen molar-refractivity contribution in [1.82, 2.24) is 4.90 Å². The van der Waals surface area contributed by atoms with Gasteiger partial charge < -0.3 is 14.7 Å². The SMILES string of the molecule is O=C(O)C1CN(C(=O)OCC2c3ccccc3-c3ccccc32)CC1C(F)(F)F. The summed E-state index contributed by atoms with van der Waals surface area (Å²) in [7, 11) is 0. The number of carbonyl (C=O) groups is 2. The van der Waals surface area contributed by atoms with E-state index in [2.05, 4.69) is 0 Å². The summed E-state index contributed by atoms with van der Waals surface area (Å²) in [6.07, 6.45) is -5.62. The Morgan fingerprint density at radius 3 is 2.03 bits per heavy atom. The minimum Gasteiger partial charge on any atom is -0.481 e. The van der Waals surface area contributed by atoms with Crippen LogP contribution in [0.5, 0.6) is 0 Å². The minimum atomic E-state index is -4.69. The van der Waals surface area contributed by atoms with Gasteiger partial charge in [0.2, 0.25) is 0 Å². The van der Waals surface area contributed by atoms with Crippen molar-refractivity contribution in [2.24, 2.45) is 11.8 Å². The zero-order chi connectivity index (χ0) is 20.8. The number of hydrogen-bond donors (Lipinski definition) is 1. The summed E-state index contributed by atoms with van der Waals surface area (Å²) in [5.74, 6) is -5.57. The van der Waals surface area contributed by atoms with E-state index in [1.165, 1.54) is 0 Å². The first-order chi connectivity index (χ1) is 13.8. The fourth-order valence-corrected chi connectivity index (χ4v) is 4.22. The fraction of sp³-hybridized carbons (Fsp3) is 0.333. The minimum absolute atomic E-state index is 0.0300. The summed E-state index contributed by atoms with van der Waals surface area (Å²) in [6, 6.07) is 15.4. The highest BCUT2D eigenvalue weighted by Crippen LogP contribution is 2.44. The van der Waals surface area contributed by atoms with Crippen molar-refractivity contribution in [2.45, 2.75) is 12.1 Å². The summed E-state index contributed by atoms with van der Waals surface area (Å²) in [5.41, 5.74) is 4.04. The topological polar surface area (TPSA) is 66.8 Å². The Labute approximate surface area is 164 Å². The molecule has 1 aliphatic heterocycles. The maximum absolute atomic E-state index is 13.1. The monoisotopic (exact) mass is 405 g/mol. The molecule has 1 fully saturated rings. The number of ether oxygens (including phenoxy) is 1. The van der Waals surface area contributed by atoms with Crippen molar-refractivity contribution in [1.29, 1.82) is 0 Å². The van der Waals surface area contributed by atoms with E-state index in [1.54, 1.807) is 0 Å². The van der Waals surface area contributed by atoms with E-state index in [0.717, 1.165) is 27.2 Å². The number of fused-ring (bicyclic) bond motifs is 3. The number of aliphatic carboxylic acids is 1. The van der Waals surface area contributed by atoms with E-state index in [9.17, 15) is 22.8 Å². The van der Waals surface area contributed by atoms with Gasteiger partial charge in [-0.25, -0.2) is 4.79 Å². The molecule has 0 saturated carbocycles. The smallest absolute Gasteiger partial charge is 0.409 e. The predicted octanol–water partition coefficient (Wildman–Crippen LogP) is 4.13. The van der Waals surface area contributed by atoms with Crippen LogP contribution in [0.1, 0.15) is 17.0 Å². The maximum Gasteiger partial charge on any atom is 0.409 e. The Hall–Kier alpha value is -3.03. The lowest BCUT2D eigenvalue weighted by molar-refractivity contribution is -0.188. The van der Waals surface area contributed by atoms with Gasteiger partial charge in [0.05, 0.1) is 11.8 Å². The molecule has 1 amide bonds. The number of amides is 1. The van der Waals surface area contributed by atoms with E-state index in [-0.39, 0.29) is 12.5 Å². The number of carbonyl (C=O) groups excluding carboxylic acids is 1. The van der Waals surface area contributed by atoms with E-state index >= 15 is 0 Å². The number of nitrogens with zero attached hydrogens (tertiary/aromatic N) is 1. The highest BCUT2D eigenvalue weighted by molar-refractivity contribution is 5.79. The van der Waals surface area contributed by atoms with E-state index in [0.29, 0.717) is 0 Å². The molecule has 1 heterocycles. The number of carboxylic acids is 1. The second-order valence-corrected chi connectivity index (χ2v) is 7.30. The van der Waals surface area contributed by atoms with Crippen LogP contribution in [0.2, 0.25) is 0 Å². The third-order valence-electron chi connectivity index (χ3n) is 5.65. The first-order valence-corrected chi connectivity index (χ1v) is 9.17. The van der Waals surface area contributed by atoms with Gasteiger partial charge in [0.15, 0.2) is 0 Å². The Morgan fingerprint density at radius 1 is 1.00 bits per heavy atom. The van der Waals surface area contributed by atoms with Crippen molar-refractivity contribution >= 4 is 12.1 Å². The Kier molecular flexibility index (Phi) is 4.72. The third-order valence-corrected chi connectivity index (χ3v) is 5.65. The molecule has 2 unspecified atom stereocenters. The van der Waals surface area contributed by atoms with Gasteiger partial charge in [0.25, 0.3) is 0 Å². The van der Waals surface area contributed by atoms with Crippen LogP contribution in [0.25, 0.3) is 11.1 Å². The Morgan fingerprint density at radius 2 is 1.55 bits per heavy atom. The van der Waals surface area contributed by atoms with Crippen molar-refractivity contribution in [3.8, 4) is 11.1 Å². The number of halogens is 3. The molecule has 4 rings (SSSR count). The summed E-state index contributed by atoms with van der Waals surface area (Å²) in [6.45, 7) is -1.26. The van der Waals surface area contributed by atoms with Crippen molar-refractivity contribution in [2.75, 3.05) is 19.7 Å². The molecule has 152 valence electrons. The normalized spacial score (nSPS) is 21.0. The maximum atomic E-state index is 13.1. The van der Waals surface area contributed by atoms with Gasteiger partial charge in [-0.1, -0.05) is 48.5 Å². The van der Waals surface area contributed by atoms with Crippen LogP contribution in [0, 0.1) is 11.8 Å². The van der Waals surface area contributed by atoms with Crippen molar-refractivity contribution in [3.63, 3.8) is 0 Å². The largest absolute Gasteiger partial charge is 0.481 e. The molecule has 0 spiro atoms. The predicted molar refractivity (Wildman–Crippen MR) is 97.3 cm³/mol. The molecule has 0 bridgehead atoms. The molecule has 2 aromatic rings. The number of alkyl halides is 3. The standard InChI is InChI=1S/C21H18F3NO4/c22-21(23,24)18-10-25(9-16(18)19(26)27)20(28)29-11-17-14-7-3-1-5-12(14)13-6-2-4-8-15(13)17/h1-8,16-18H,9-11H2,(H,26,27). The molecular weight excluding hydrogens is 387 g/mol. The van der Waals surface area contributed by atoms with Gasteiger partial charge >= 0.3 is 18.2 Å². The van der Waals surface area contributed by atoms with Crippen LogP contribution in [0.3, 0.4) is 0 Å². The fourth-order valence-electron chi connectivity index (χ4n) is 4.22.